The number of nitro groups is 1. The molecule has 2 aromatic heterocycles. The van der Waals surface area contributed by atoms with Crippen LogP contribution in [0.1, 0.15) is 21.7 Å². The van der Waals surface area contributed by atoms with E-state index in [4.69, 9.17) is 0 Å². The highest BCUT2D eigenvalue weighted by Gasteiger charge is 2.15. The van der Waals surface area contributed by atoms with Crippen molar-refractivity contribution in [2.24, 2.45) is 0 Å². The van der Waals surface area contributed by atoms with Crippen molar-refractivity contribution in [1.82, 2.24) is 19.6 Å². The number of aromatic nitrogens is 4. The van der Waals surface area contributed by atoms with Crippen molar-refractivity contribution in [3.63, 3.8) is 0 Å². The molecule has 2 aromatic carbocycles. The van der Waals surface area contributed by atoms with Crippen molar-refractivity contribution in [3.05, 3.63) is 110 Å². The molecule has 0 aliphatic carbocycles. The molecule has 0 spiro atoms. The Balaban J connectivity index is 1.59. The highest BCUT2D eigenvalue weighted by molar-refractivity contribution is 6.02. The predicted octanol–water partition coefficient (Wildman–Crippen LogP) is 2.95. The molecule has 0 saturated carbocycles. The van der Waals surface area contributed by atoms with Crippen LogP contribution in [0.5, 0.6) is 0 Å². The fourth-order valence-electron chi connectivity index (χ4n) is 3.12. The molecule has 0 fully saturated rings. The Labute approximate surface area is 181 Å². The molecule has 0 aliphatic rings. The molecule has 0 saturated heterocycles. The minimum Gasteiger partial charge on any atom is -0.305 e. The standard InChI is InChI=1S/C22H18N6O4/c1-15-13-20(27(24-15)17-7-9-18(10-8-17)28(31)32)23-22(30)19-11-12-21(29)26(25-19)14-16-5-3-2-4-6-16/h2-13H,14H2,1H3,(H,23,30). The molecule has 2 heterocycles. The summed E-state index contributed by atoms with van der Waals surface area (Å²) in [4.78, 5) is 35.4. The topological polar surface area (TPSA) is 125 Å². The molecule has 0 bridgehead atoms. The maximum absolute atomic E-state index is 12.8. The van der Waals surface area contributed by atoms with Crippen LogP contribution in [0.2, 0.25) is 0 Å². The summed E-state index contributed by atoms with van der Waals surface area (Å²) in [6.45, 7) is 2.00. The van der Waals surface area contributed by atoms with E-state index in [0.717, 1.165) is 5.56 Å². The van der Waals surface area contributed by atoms with Crippen LogP contribution in [-0.4, -0.2) is 30.4 Å². The second kappa shape index (κ2) is 8.64. The molecule has 1 N–H and O–H groups in total. The number of amides is 1. The molecule has 4 rings (SSSR count). The molecular formula is C22H18N6O4. The van der Waals surface area contributed by atoms with Crippen LogP contribution in [0.4, 0.5) is 11.5 Å². The molecule has 0 radical (unpaired) electrons. The molecule has 10 heteroatoms. The van der Waals surface area contributed by atoms with E-state index >= 15 is 0 Å². The van der Waals surface area contributed by atoms with E-state index in [2.05, 4.69) is 15.5 Å². The fourth-order valence-corrected chi connectivity index (χ4v) is 3.12. The molecule has 10 nitrogen and oxygen atoms in total. The number of nitrogens with one attached hydrogen (secondary N) is 1. The van der Waals surface area contributed by atoms with E-state index in [9.17, 15) is 19.7 Å². The highest BCUT2D eigenvalue weighted by atomic mass is 16.6. The van der Waals surface area contributed by atoms with Gasteiger partial charge < -0.3 is 5.32 Å². The van der Waals surface area contributed by atoms with Crippen molar-refractivity contribution < 1.29 is 9.72 Å². The second-order valence-corrected chi connectivity index (χ2v) is 7.01. The Bertz CT molecular complexity index is 1340. The van der Waals surface area contributed by atoms with Crippen molar-refractivity contribution in [1.29, 1.82) is 0 Å². The van der Waals surface area contributed by atoms with Gasteiger partial charge in [0.15, 0.2) is 0 Å². The number of nitro benzene ring substituents is 1. The van der Waals surface area contributed by atoms with E-state index in [-0.39, 0.29) is 23.5 Å². The highest BCUT2D eigenvalue weighted by Crippen LogP contribution is 2.20. The van der Waals surface area contributed by atoms with Gasteiger partial charge in [0, 0.05) is 24.3 Å². The van der Waals surface area contributed by atoms with Gasteiger partial charge in [0.2, 0.25) is 0 Å². The smallest absolute Gasteiger partial charge is 0.277 e. The maximum atomic E-state index is 12.8. The van der Waals surface area contributed by atoms with Gasteiger partial charge in [0.1, 0.15) is 11.5 Å². The number of carbonyl (C=O) groups excluding carboxylic acids is 1. The molecule has 160 valence electrons. The third kappa shape index (κ3) is 4.43. The lowest BCUT2D eigenvalue weighted by atomic mass is 10.2. The zero-order chi connectivity index (χ0) is 22.7. The zero-order valence-electron chi connectivity index (χ0n) is 17.0. The molecule has 0 unspecified atom stereocenters. The van der Waals surface area contributed by atoms with Crippen LogP contribution < -0.4 is 10.9 Å². The number of hydrogen-bond acceptors (Lipinski definition) is 6. The number of aryl methyl sites for hydroxylation is 1. The number of rotatable bonds is 6. The lowest BCUT2D eigenvalue weighted by Crippen LogP contribution is -2.27. The summed E-state index contributed by atoms with van der Waals surface area (Å²) in [6, 6.07) is 19.5. The largest absolute Gasteiger partial charge is 0.305 e. The molecular weight excluding hydrogens is 412 g/mol. The first-order chi connectivity index (χ1) is 15.4. The number of hydrogen-bond donors (Lipinski definition) is 1. The Morgan fingerprint density at radius 3 is 2.44 bits per heavy atom. The van der Waals surface area contributed by atoms with Crippen LogP contribution in [0, 0.1) is 17.0 Å². The van der Waals surface area contributed by atoms with Crippen LogP contribution >= 0.6 is 0 Å². The van der Waals surface area contributed by atoms with E-state index in [1.807, 2.05) is 30.3 Å². The van der Waals surface area contributed by atoms with Gasteiger partial charge in [-0.05, 0) is 30.7 Å². The summed E-state index contributed by atoms with van der Waals surface area (Å²) in [5, 5.41) is 22.2. The SMILES string of the molecule is Cc1cc(NC(=O)c2ccc(=O)n(Cc3ccccc3)n2)n(-c2ccc([N+](=O)[O-])cc2)n1. The lowest BCUT2D eigenvalue weighted by molar-refractivity contribution is -0.384. The number of anilines is 1. The summed E-state index contributed by atoms with van der Waals surface area (Å²) in [5.74, 6) is -0.154. The van der Waals surface area contributed by atoms with Crippen LogP contribution in [-0.2, 0) is 6.54 Å². The molecule has 4 aromatic rings. The summed E-state index contributed by atoms with van der Waals surface area (Å²) in [7, 11) is 0. The number of non-ortho nitro benzene ring substituents is 1. The minimum absolute atomic E-state index is 0.0481. The van der Waals surface area contributed by atoms with Crippen LogP contribution in [0.25, 0.3) is 5.69 Å². The van der Waals surface area contributed by atoms with Gasteiger partial charge in [-0.25, -0.2) is 9.36 Å². The zero-order valence-corrected chi connectivity index (χ0v) is 17.0. The summed E-state index contributed by atoms with van der Waals surface area (Å²) in [6.07, 6.45) is 0. The molecule has 0 atom stereocenters. The number of benzene rings is 2. The van der Waals surface area contributed by atoms with Gasteiger partial charge in [-0.2, -0.15) is 10.2 Å². The van der Waals surface area contributed by atoms with Crippen LogP contribution in [0.15, 0.2) is 77.6 Å². The first-order valence-electron chi connectivity index (χ1n) is 9.65. The summed E-state index contributed by atoms with van der Waals surface area (Å²) < 4.78 is 2.69. The van der Waals surface area contributed by atoms with Gasteiger partial charge >= 0.3 is 0 Å². The first-order valence-corrected chi connectivity index (χ1v) is 9.65. The van der Waals surface area contributed by atoms with E-state index in [1.54, 1.807) is 25.1 Å². The fraction of sp³-hybridized carbons (Fsp3) is 0.0909. The average Bonchev–Trinajstić information content (AvgIpc) is 3.16. The molecule has 32 heavy (non-hydrogen) atoms. The average molecular weight is 430 g/mol. The first kappa shape index (κ1) is 20.7. The van der Waals surface area contributed by atoms with E-state index < -0.39 is 10.8 Å². The van der Waals surface area contributed by atoms with Gasteiger partial charge in [-0.15, -0.1) is 0 Å². The van der Waals surface area contributed by atoms with Gasteiger partial charge in [-0.3, -0.25) is 19.7 Å². The number of nitrogens with zero attached hydrogens (tertiary/aromatic N) is 5. The Morgan fingerprint density at radius 2 is 1.75 bits per heavy atom. The Morgan fingerprint density at radius 1 is 1.03 bits per heavy atom. The van der Waals surface area contributed by atoms with Gasteiger partial charge in [0.05, 0.1) is 22.8 Å². The Hall–Kier alpha value is -4.60. The summed E-state index contributed by atoms with van der Waals surface area (Å²) >= 11 is 0. The quantitative estimate of drug-likeness (QED) is 0.370. The third-order valence-electron chi connectivity index (χ3n) is 4.65. The Kier molecular flexibility index (Phi) is 5.58. The van der Waals surface area contributed by atoms with Crippen molar-refractivity contribution in [2.75, 3.05) is 5.32 Å². The third-order valence-corrected chi connectivity index (χ3v) is 4.65. The molecule has 0 aliphatic heterocycles. The minimum atomic E-state index is -0.519. The van der Waals surface area contributed by atoms with Crippen molar-refractivity contribution >= 4 is 17.4 Å². The van der Waals surface area contributed by atoms with Crippen LogP contribution in [0.3, 0.4) is 0 Å². The monoisotopic (exact) mass is 430 g/mol. The number of carbonyl (C=O) groups is 1. The second-order valence-electron chi connectivity index (χ2n) is 7.01. The lowest BCUT2D eigenvalue weighted by Gasteiger charge is -2.10. The van der Waals surface area contributed by atoms with E-state index in [0.29, 0.717) is 17.2 Å². The van der Waals surface area contributed by atoms with Crippen molar-refractivity contribution in [2.45, 2.75) is 13.5 Å². The summed E-state index contributed by atoms with van der Waals surface area (Å²) in [5.41, 5.74) is 1.76. The normalized spacial score (nSPS) is 10.7. The van der Waals surface area contributed by atoms with Gasteiger partial charge in [-0.1, -0.05) is 30.3 Å². The van der Waals surface area contributed by atoms with Gasteiger partial charge in [0.25, 0.3) is 17.2 Å². The predicted molar refractivity (Wildman–Crippen MR) is 117 cm³/mol. The molecule has 1 amide bonds. The maximum Gasteiger partial charge on any atom is 0.277 e. The van der Waals surface area contributed by atoms with Crippen molar-refractivity contribution in [3.8, 4) is 5.69 Å². The van der Waals surface area contributed by atoms with E-state index in [1.165, 1.54) is 33.6 Å².